The molecule has 0 radical (unpaired) electrons. The maximum atomic E-state index is 9.93. The monoisotopic (exact) mass is 642 g/mol. The molecule has 0 spiro atoms. The van der Waals surface area contributed by atoms with Gasteiger partial charge in [-0.2, -0.15) is 0 Å². The van der Waals surface area contributed by atoms with Crippen molar-refractivity contribution in [2.45, 2.75) is 113 Å². The van der Waals surface area contributed by atoms with Gasteiger partial charge in [0.1, 0.15) is 5.56 Å². The normalized spacial score (nSPS) is 33.7. The predicted molar refractivity (Wildman–Crippen MR) is 141 cm³/mol. The summed E-state index contributed by atoms with van der Waals surface area (Å²) in [6.45, 7) is 0. The van der Waals surface area contributed by atoms with Gasteiger partial charge in [0.25, 0.3) is 0 Å². The van der Waals surface area contributed by atoms with Crippen molar-refractivity contribution < 1.29 is 16.9 Å². The van der Waals surface area contributed by atoms with Crippen molar-refractivity contribution in [3.05, 3.63) is 63.7 Å². The van der Waals surface area contributed by atoms with Crippen molar-refractivity contribution in [3.8, 4) is 11.1 Å². The maximum absolute atomic E-state index is 11.2. The third kappa shape index (κ3) is 4.59. The van der Waals surface area contributed by atoms with E-state index in [-0.39, 0.29) is 0 Å². The van der Waals surface area contributed by atoms with Crippen LogP contribution < -0.4 is 0 Å². The zero-order valence-electron chi connectivity index (χ0n) is 21.6. The summed E-state index contributed by atoms with van der Waals surface area (Å²) in [7, 11) is 0. The molecule has 11 rings (SSSR count). The Morgan fingerprint density at radius 3 is 1.39 bits per heavy atom. The first-order valence-corrected chi connectivity index (χ1v) is 20.3. The van der Waals surface area contributed by atoms with Gasteiger partial charge in [-0.05, 0) is 101 Å². The minimum atomic E-state index is -11.2. The molecule has 0 heterocycles. The Kier molecular flexibility index (Phi) is 5.49. The summed E-state index contributed by atoms with van der Waals surface area (Å²) < 4.78 is 59.6. The molecule has 9 aliphatic carbocycles. The molecule has 0 nitrogen and oxygen atoms in total. The van der Waals surface area contributed by atoms with Gasteiger partial charge in [-0.25, -0.2) is 0 Å². The van der Waals surface area contributed by atoms with Crippen LogP contribution in [0.4, 0.5) is 16.9 Å². The molecule has 0 aliphatic heterocycles. The Labute approximate surface area is 223 Å². The van der Waals surface area contributed by atoms with Crippen molar-refractivity contribution in [3.63, 3.8) is 0 Å². The standard InChI is InChI=1S/C31H35.6FH.Sb/c1-2-4-18(5-3-1)25-26-19-6-10-21(11-7-19)28(26)30-23-14-16-24(17-15-23)31(30)29-22-12-8-20(9-13-22)27(25)29;;;;;;;/h1-5,19-24H,6-17H2;6*1H;/q+1;;;;;;;+5/p-6. The Balaban J connectivity index is 0.000000309. The van der Waals surface area contributed by atoms with Crippen molar-refractivity contribution >= 4 is 19.5 Å². The SMILES string of the molecule is [F][Sb-]([F])([F])([F])([F])[F].c1ccc(-c2c3c(c4c(c5[c+]2C2CCC5CC2)C2CCC4CC2)C2CCC3CC2)cc1. The van der Waals surface area contributed by atoms with Gasteiger partial charge in [-0.1, -0.05) is 18.2 Å². The van der Waals surface area contributed by atoms with Gasteiger partial charge in [-0.15, -0.1) is 0 Å². The van der Waals surface area contributed by atoms with Gasteiger partial charge in [-0.3, -0.25) is 0 Å². The third-order valence-electron chi connectivity index (χ3n) is 10.7. The first-order valence-electron chi connectivity index (χ1n) is 14.6. The number of rotatable bonds is 1. The van der Waals surface area contributed by atoms with Crippen LogP contribution in [0.1, 0.15) is 146 Å². The van der Waals surface area contributed by atoms with Gasteiger partial charge in [0.05, 0.1) is 11.1 Å². The van der Waals surface area contributed by atoms with Crippen LogP contribution in [0, 0.1) is 0 Å². The first-order chi connectivity index (χ1) is 17.8. The van der Waals surface area contributed by atoms with E-state index in [1.807, 2.05) is 33.4 Å². The number of benzene rings is 1. The third-order valence-corrected chi connectivity index (χ3v) is 10.7. The molecule has 3 fully saturated rings. The van der Waals surface area contributed by atoms with Crippen LogP contribution in [-0.2, 0) is 0 Å². The Bertz CT molecular complexity index is 1200. The molecular formula is C31H35F6Sb. The molecule has 6 bridgehead atoms. The minimum absolute atomic E-state index is 0.830. The average Bonchev–Trinajstić information content (AvgIpc) is 3.06. The van der Waals surface area contributed by atoms with E-state index in [9.17, 15) is 16.9 Å². The zero-order chi connectivity index (χ0) is 26.5. The van der Waals surface area contributed by atoms with E-state index < -0.39 is 19.5 Å². The maximum Gasteiger partial charge on any atom is 0.110 e. The molecule has 206 valence electrons. The summed E-state index contributed by atoms with van der Waals surface area (Å²) >= 11 is -11.2. The molecule has 0 unspecified atom stereocenters. The summed E-state index contributed by atoms with van der Waals surface area (Å²) in [5, 5.41) is 0. The molecule has 0 atom stereocenters. The van der Waals surface area contributed by atoms with Crippen molar-refractivity contribution in [2.24, 2.45) is 0 Å². The number of hydrogen-bond acceptors (Lipinski definition) is 0. The summed E-state index contributed by atoms with van der Waals surface area (Å²) in [4.78, 5) is 0. The smallest absolute Gasteiger partial charge is 0.0605 e. The summed E-state index contributed by atoms with van der Waals surface area (Å²) in [6, 6.07) is 11.7. The first kappa shape index (κ1) is 25.7. The molecule has 3 saturated carbocycles. The number of halogens is 6. The van der Waals surface area contributed by atoms with Crippen LogP contribution in [0.25, 0.3) is 11.1 Å². The second-order valence-corrected chi connectivity index (χ2v) is 18.3. The topological polar surface area (TPSA) is 0 Å². The molecular weight excluding hydrogens is 608 g/mol. The van der Waals surface area contributed by atoms with Gasteiger partial charge >= 0.3 is 36.4 Å². The van der Waals surface area contributed by atoms with E-state index in [0.29, 0.717) is 0 Å². The second-order valence-electron chi connectivity index (χ2n) is 12.8. The zero-order valence-corrected chi connectivity index (χ0v) is 24.1. The molecule has 9 aliphatic rings. The van der Waals surface area contributed by atoms with Crippen LogP contribution in [-0.4, -0.2) is 19.5 Å². The quantitative estimate of drug-likeness (QED) is 0.165. The number of fused-ring (bicyclic) bond motifs is 6. The fourth-order valence-corrected chi connectivity index (χ4v) is 9.53. The van der Waals surface area contributed by atoms with Crippen LogP contribution >= 0.6 is 0 Å². The minimum Gasteiger partial charge on any atom is -0.0605 e. The average molecular weight is 643 g/mol. The van der Waals surface area contributed by atoms with E-state index in [2.05, 4.69) is 30.3 Å². The van der Waals surface area contributed by atoms with E-state index in [1.54, 1.807) is 11.1 Å². The summed E-state index contributed by atoms with van der Waals surface area (Å²) in [5.74, 6) is 5.15. The largest absolute Gasteiger partial charge is 0.110 e. The molecule has 0 aromatic heterocycles. The molecule has 2 aromatic rings. The van der Waals surface area contributed by atoms with Crippen LogP contribution in [0.5, 0.6) is 0 Å². The molecule has 7 heteroatoms. The summed E-state index contributed by atoms with van der Waals surface area (Å²) in [5.41, 5.74) is 14.9. The molecule has 0 saturated heterocycles. The second kappa shape index (κ2) is 8.14. The summed E-state index contributed by atoms with van der Waals surface area (Å²) in [6.07, 6.45) is 17.6. The van der Waals surface area contributed by atoms with Crippen LogP contribution in [0.2, 0.25) is 0 Å². The Hall–Kier alpha value is -1.29. The van der Waals surface area contributed by atoms with Gasteiger partial charge in [0.15, 0.2) is 0 Å². The van der Waals surface area contributed by atoms with E-state index >= 15 is 0 Å². The molecule has 0 amide bonds. The van der Waals surface area contributed by atoms with Crippen molar-refractivity contribution in [1.82, 2.24) is 0 Å². The van der Waals surface area contributed by atoms with Gasteiger partial charge in [0.2, 0.25) is 0 Å². The fraction of sp³-hybridized carbons (Fsp3) is 0.581. The van der Waals surface area contributed by atoms with Crippen molar-refractivity contribution in [1.29, 1.82) is 0 Å². The Morgan fingerprint density at radius 1 is 0.500 bits per heavy atom. The Morgan fingerprint density at radius 2 is 0.895 bits per heavy atom. The van der Waals surface area contributed by atoms with Crippen LogP contribution in [0.15, 0.2) is 30.3 Å². The predicted octanol–water partition coefficient (Wildman–Crippen LogP) is 11.0. The van der Waals surface area contributed by atoms with E-state index in [0.717, 1.165) is 35.5 Å². The van der Waals surface area contributed by atoms with E-state index in [4.69, 9.17) is 0 Å². The fourth-order valence-electron chi connectivity index (χ4n) is 9.53. The molecule has 2 aromatic carbocycles. The molecule has 0 N–H and O–H groups in total. The van der Waals surface area contributed by atoms with Crippen LogP contribution in [0.3, 0.4) is 0 Å². The van der Waals surface area contributed by atoms with Crippen molar-refractivity contribution in [2.75, 3.05) is 0 Å². The van der Waals surface area contributed by atoms with Gasteiger partial charge in [0, 0.05) is 51.5 Å². The number of hydrogen-bond donors (Lipinski definition) is 0. The van der Waals surface area contributed by atoms with Gasteiger partial charge < -0.3 is 0 Å². The van der Waals surface area contributed by atoms with E-state index in [1.165, 1.54) is 77.0 Å². The molecule has 38 heavy (non-hydrogen) atoms.